The third-order valence-electron chi connectivity index (χ3n) is 5.26. The summed E-state index contributed by atoms with van der Waals surface area (Å²) in [5, 5.41) is 4.90. The van der Waals surface area contributed by atoms with E-state index >= 15 is 0 Å². The van der Waals surface area contributed by atoms with Gasteiger partial charge >= 0.3 is 0 Å². The lowest BCUT2D eigenvalue weighted by atomic mass is 9.84. The zero-order valence-electron chi connectivity index (χ0n) is 12.3. The molecule has 2 heterocycles. The SMILES string of the molecule is NCC1CCCc2c1c(C1CC1)nn2C1CCS(=O)(=O)C1. The molecule has 5 nitrogen and oxygen atoms in total. The lowest BCUT2D eigenvalue weighted by Crippen LogP contribution is -2.21. The monoisotopic (exact) mass is 309 g/mol. The van der Waals surface area contributed by atoms with E-state index in [0.29, 0.717) is 30.6 Å². The maximum Gasteiger partial charge on any atom is 0.152 e. The first-order valence-corrected chi connectivity index (χ1v) is 9.93. The Kier molecular flexibility index (Phi) is 3.15. The third-order valence-corrected chi connectivity index (χ3v) is 7.01. The smallest absolute Gasteiger partial charge is 0.152 e. The van der Waals surface area contributed by atoms with Crippen LogP contribution in [0.5, 0.6) is 0 Å². The van der Waals surface area contributed by atoms with Gasteiger partial charge in [0.25, 0.3) is 0 Å². The molecule has 2 N–H and O–H groups in total. The van der Waals surface area contributed by atoms with Crippen molar-refractivity contribution in [3.8, 4) is 0 Å². The molecule has 1 saturated carbocycles. The van der Waals surface area contributed by atoms with Gasteiger partial charge in [-0.25, -0.2) is 8.42 Å². The third kappa shape index (κ3) is 2.32. The predicted octanol–water partition coefficient (Wildman–Crippen LogP) is 1.50. The van der Waals surface area contributed by atoms with Crippen LogP contribution in [0.3, 0.4) is 0 Å². The van der Waals surface area contributed by atoms with Crippen LogP contribution in [0, 0.1) is 0 Å². The summed E-state index contributed by atoms with van der Waals surface area (Å²) in [7, 11) is -2.87. The van der Waals surface area contributed by atoms with Crippen LogP contribution in [-0.4, -0.2) is 36.2 Å². The molecule has 4 rings (SSSR count). The Labute approximate surface area is 125 Å². The van der Waals surface area contributed by atoms with Gasteiger partial charge in [-0.05, 0) is 51.0 Å². The zero-order chi connectivity index (χ0) is 14.6. The zero-order valence-corrected chi connectivity index (χ0v) is 13.1. The molecule has 1 saturated heterocycles. The van der Waals surface area contributed by atoms with Crippen LogP contribution in [0.1, 0.15) is 66.9 Å². The number of aromatic nitrogens is 2. The van der Waals surface area contributed by atoms with Crippen LogP contribution >= 0.6 is 0 Å². The quantitative estimate of drug-likeness (QED) is 0.918. The highest BCUT2D eigenvalue weighted by Gasteiger charge is 2.39. The van der Waals surface area contributed by atoms with E-state index in [4.69, 9.17) is 10.8 Å². The van der Waals surface area contributed by atoms with Crippen molar-refractivity contribution >= 4 is 9.84 Å². The molecule has 0 amide bonds. The second-order valence-corrected chi connectivity index (χ2v) is 9.07. The van der Waals surface area contributed by atoms with Crippen LogP contribution in [0.15, 0.2) is 0 Å². The molecule has 3 aliphatic rings. The van der Waals surface area contributed by atoms with Gasteiger partial charge in [0, 0.05) is 17.2 Å². The van der Waals surface area contributed by atoms with E-state index in [0.717, 1.165) is 19.3 Å². The molecule has 1 aromatic rings. The first-order valence-electron chi connectivity index (χ1n) is 8.10. The number of hydrogen-bond acceptors (Lipinski definition) is 4. The molecule has 1 aliphatic heterocycles. The van der Waals surface area contributed by atoms with Crippen molar-refractivity contribution in [1.82, 2.24) is 9.78 Å². The Morgan fingerprint density at radius 3 is 2.67 bits per heavy atom. The lowest BCUT2D eigenvalue weighted by Gasteiger charge is -2.24. The maximum absolute atomic E-state index is 11.8. The summed E-state index contributed by atoms with van der Waals surface area (Å²) in [6.45, 7) is 0.682. The molecule has 0 bridgehead atoms. The summed E-state index contributed by atoms with van der Waals surface area (Å²) in [5.41, 5.74) is 9.90. The van der Waals surface area contributed by atoms with E-state index in [1.54, 1.807) is 0 Å². The van der Waals surface area contributed by atoms with Crippen LogP contribution < -0.4 is 5.73 Å². The minimum Gasteiger partial charge on any atom is -0.330 e. The fourth-order valence-electron chi connectivity index (χ4n) is 4.02. The number of sulfone groups is 1. The fraction of sp³-hybridized carbons (Fsp3) is 0.800. The van der Waals surface area contributed by atoms with Gasteiger partial charge in [-0.15, -0.1) is 0 Å². The first-order chi connectivity index (χ1) is 10.1. The summed E-state index contributed by atoms with van der Waals surface area (Å²) in [5.74, 6) is 1.60. The minimum atomic E-state index is -2.87. The Balaban J connectivity index is 1.78. The second-order valence-electron chi connectivity index (χ2n) is 6.85. The molecule has 0 spiro atoms. The molecule has 2 unspecified atom stereocenters. The number of rotatable bonds is 3. The molecule has 21 heavy (non-hydrogen) atoms. The van der Waals surface area contributed by atoms with Gasteiger partial charge < -0.3 is 5.73 Å². The van der Waals surface area contributed by atoms with Crippen molar-refractivity contribution in [1.29, 1.82) is 0 Å². The second kappa shape index (κ2) is 4.81. The molecular formula is C15H23N3O2S. The molecule has 2 atom stereocenters. The average molecular weight is 309 g/mol. The summed E-state index contributed by atoms with van der Waals surface area (Å²) in [6, 6.07) is 0.0489. The molecular weight excluding hydrogens is 286 g/mol. The molecule has 2 aliphatic carbocycles. The van der Waals surface area contributed by atoms with Crippen LogP contribution in [0.25, 0.3) is 0 Å². The molecule has 0 radical (unpaired) electrons. The Morgan fingerprint density at radius 1 is 1.24 bits per heavy atom. The summed E-state index contributed by atoms with van der Waals surface area (Å²) in [4.78, 5) is 0. The first kappa shape index (κ1) is 13.8. The van der Waals surface area contributed by atoms with E-state index < -0.39 is 9.84 Å². The topological polar surface area (TPSA) is 78.0 Å². The highest BCUT2D eigenvalue weighted by molar-refractivity contribution is 7.91. The summed E-state index contributed by atoms with van der Waals surface area (Å²) < 4.78 is 25.7. The lowest BCUT2D eigenvalue weighted by molar-refractivity contribution is 0.457. The Morgan fingerprint density at radius 2 is 2.05 bits per heavy atom. The van der Waals surface area contributed by atoms with E-state index in [-0.39, 0.29) is 11.8 Å². The normalized spacial score (nSPS) is 31.3. The molecule has 1 aromatic heterocycles. The van der Waals surface area contributed by atoms with Gasteiger partial charge in [-0.3, -0.25) is 4.68 Å². The van der Waals surface area contributed by atoms with Gasteiger partial charge in [-0.1, -0.05) is 0 Å². The highest BCUT2D eigenvalue weighted by Crippen LogP contribution is 2.46. The van der Waals surface area contributed by atoms with Gasteiger partial charge in [-0.2, -0.15) is 5.10 Å². The van der Waals surface area contributed by atoms with Crippen molar-refractivity contribution < 1.29 is 8.42 Å². The maximum atomic E-state index is 11.8. The van der Waals surface area contributed by atoms with Crippen LogP contribution in [0.4, 0.5) is 0 Å². The highest BCUT2D eigenvalue weighted by atomic mass is 32.2. The van der Waals surface area contributed by atoms with Crippen molar-refractivity contribution in [2.75, 3.05) is 18.1 Å². The van der Waals surface area contributed by atoms with E-state index in [1.165, 1.54) is 29.8 Å². The fourth-order valence-corrected chi connectivity index (χ4v) is 5.71. The Bertz CT molecular complexity index is 661. The van der Waals surface area contributed by atoms with Gasteiger partial charge in [0.1, 0.15) is 0 Å². The van der Waals surface area contributed by atoms with E-state index in [9.17, 15) is 8.42 Å². The molecule has 116 valence electrons. The molecule has 0 aromatic carbocycles. The van der Waals surface area contributed by atoms with E-state index in [1.807, 2.05) is 0 Å². The van der Waals surface area contributed by atoms with Crippen LogP contribution in [-0.2, 0) is 16.3 Å². The number of hydrogen-bond donors (Lipinski definition) is 1. The van der Waals surface area contributed by atoms with Gasteiger partial charge in [0.15, 0.2) is 9.84 Å². The summed E-state index contributed by atoms with van der Waals surface area (Å²) >= 11 is 0. The largest absolute Gasteiger partial charge is 0.330 e. The standard InChI is InChI=1S/C15H23N3O2S/c16-8-11-2-1-3-13-14(11)15(10-4-5-10)17-18(13)12-6-7-21(19,20)9-12/h10-12H,1-9,16H2. The minimum absolute atomic E-state index is 0.0489. The van der Waals surface area contributed by atoms with Crippen molar-refractivity contribution in [2.24, 2.45) is 5.73 Å². The number of nitrogens with two attached hydrogens (primary N) is 1. The van der Waals surface area contributed by atoms with Gasteiger partial charge in [0.05, 0.1) is 23.2 Å². The Hall–Kier alpha value is -0.880. The van der Waals surface area contributed by atoms with Crippen LogP contribution in [0.2, 0.25) is 0 Å². The van der Waals surface area contributed by atoms with Gasteiger partial charge in [0.2, 0.25) is 0 Å². The summed E-state index contributed by atoms with van der Waals surface area (Å²) in [6.07, 6.45) is 6.49. The molecule has 6 heteroatoms. The number of fused-ring (bicyclic) bond motifs is 1. The van der Waals surface area contributed by atoms with Crippen molar-refractivity contribution in [2.45, 2.75) is 56.4 Å². The molecule has 2 fully saturated rings. The average Bonchev–Trinajstić information content (AvgIpc) is 3.14. The van der Waals surface area contributed by atoms with Crippen molar-refractivity contribution in [3.63, 3.8) is 0 Å². The van der Waals surface area contributed by atoms with E-state index in [2.05, 4.69) is 4.68 Å². The number of nitrogens with zero attached hydrogens (tertiary/aromatic N) is 2. The van der Waals surface area contributed by atoms with Crippen molar-refractivity contribution in [3.05, 3.63) is 17.0 Å². The predicted molar refractivity (Wildman–Crippen MR) is 81.2 cm³/mol.